The maximum absolute atomic E-state index is 12.3. The Kier molecular flexibility index (Phi) is 8.85. The molecule has 0 fully saturated rings. The molecule has 3 aromatic rings. The molecule has 0 atom stereocenters. The molecule has 0 spiro atoms. The van der Waals surface area contributed by atoms with Gasteiger partial charge in [-0.05, 0) is 84.8 Å². The third-order valence-corrected chi connectivity index (χ3v) is 4.49. The SMILES string of the molecule is CCCOc1ccc(C(=O)Oc2ccc(C=NNC(=O)COc3ccc(Cl)cc3)cc2)cc1. The van der Waals surface area contributed by atoms with Gasteiger partial charge in [-0.1, -0.05) is 18.5 Å². The second-order valence-corrected chi connectivity index (χ2v) is 7.30. The lowest BCUT2D eigenvalue weighted by Gasteiger charge is -2.07. The molecular formula is C25H23ClN2O5. The van der Waals surface area contributed by atoms with Crippen molar-refractivity contribution in [2.45, 2.75) is 13.3 Å². The molecule has 0 saturated heterocycles. The van der Waals surface area contributed by atoms with E-state index in [0.29, 0.717) is 40.0 Å². The number of halogens is 1. The van der Waals surface area contributed by atoms with Gasteiger partial charge in [0.1, 0.15) is 17.2 Å². The van der Waals surface area contributed by atoms with E-state index in [-0.39, 0.29) is 6.61 Å². The quantitative estimate of drug-likeness (QED) is 0.199. The van der Waals surface area contributed by atoms with Gasteiger partial charge in [0.05, 0.1) is 18.4 Å². The molecule has 0 unspecified atom stereocenters. The maximum atomic E-state index is 12.3. The molecule has 0 saturated carbocycles. The molecule has 1 amide bonds. The summed E-state index contributed by atoms with van der Waals surface area (Å²) in [5.74, 6) is 0.762. The van der Waals surface area contributed by atoms with Crippen LogP contribution in [-0.4, -0.2) is 31.3 Å². The van der Waals surface area contributed by atoms with Crippen LogP contribution < -0.4 is 19.6 Å². The van der Waals surface area contributed by atoms with Crippen LogP contribution in [0, 0.1) is 0 Å². The van der Waals surface area contributed by atoms with E-state index in [1.807, 2.05) is 6.92 Å². The first kappa shape index (κ1) is 23.8. The normalized spacial score (nSPS) is 10.6. The summed E-state index contributed by atoms with van der Waals surface area (Å²) >= 11 is 5.80. The summed E-state index contributed by atoms with van der Waals surface area (Å²) in [6, 6.07) is 20.2. The van der Waals surface area contributed by atoms with Crippen molar-refractivity contribution in [2.24, 2.45) is 5.10 Å². The summed E-state index contributed by atoms with van der Waals surface area (Å²) < 4.78 is 16.2. The number of hydrogen-bond acceptors (Lipinski definition) is 6. The minimum atomic E-state index is -0.466. The molecule has 3 rings (SSSR count). The zero-order chi connectivity index (χ0) is 23.5. The lowest BCUT2D eigenvalue weighted by molar-refractivity contribution is -0.123. The average Bonchev–Trinajstić information content (AvgIpc) is 2.84. The molecule has 7 nitrogen and oxygen atoms in total. The Hall–Kier alpha value is -3.84. The number of nitrogens with zero attached hydrogens (tertiary/aromatic N) is 1. The highest BCUT2D eigenvalue weighted by Gasteiger charge is 2.09. The van der Waals surface area contributed by atoms with Crippen molar-refractivity contribution in [2.75, 3.05) is 13.2 Å². The number of hydrazone groups is 1. The van der Waals surface area contributed by atoms with E-state index in [4.69, 9.17) is 25.8 Å². The first-order chi connectivity index (χ1) is 16.0. The molecule has 8 heteroatoms. The number of carbonyl (C=O) groups excluding carboxylic acids is 2. The van der Waals surface area contributed by atoms with E-state index in [2.05, 4.69) is 10.5 Å². The lowest BCUT2D eigenvalue weighted by Crippen LogP contribution is -2.24. The van der Waals surface area contributed by atoms with Gasteiger partial charge in [0, 0.05) is 5.02 Å². The van der Waals surface area contributed by atoms with Crippen LogP contribution in [0.25, 0.3) is 0 Å². The van der Waals surface area contributed by atoms with E-state index < -0.39 is 11.9 Å². The third kappa shape index (κ3) is 7.97. The third-order valence-electron chi connectivity index (χ3n) is 4.24. The van der Waals surface area contributed by atoms with Gasteiger partial charge >= 0.3 is 5.97 Å². The Bertz CT molecular complexity index is 1080. The van der Waals surface area contributed by atoms with Gasteiger partial charge in [-0.2, -0.15) is 5.10 Å². The summed E-state index contributed by atoms with van der Waals surface area (Å²) in [7, 11) is 0. The fraction of sp³-hybridized carbons (Fsp3) is 0.160. The number of carbonyl (C=O) groups is 2. The van der Waals surface area contributed by atoms with Crippen molar-refractivity contribution in [3.05, 3.63) is 88.9 Å². The Labute approximate surface area is 196 Å². The topological polar surface area (TPSA) is 86.2 Å². The smallest absolute Gasteiger partial charge is 0.343 e. The average molecular weight is 467 g/mol. The van der Waals surface area contributed by atoms with Crippen LogP contribution in [0.4, 0.5) is 0 Å². The van der Waals surface area contributed by atoms with E-state index >= 15 is 0 Å². The molecule has 0 aliphatic carbocycles. The number of ether oxygens (including phenoxy) is 3. The van der Waals surface area contributed by atoms with Gasteiger partial charge < -0.3 is 14.2 Å². The number of nitrogens with one attached hydrogen (secondary N) is 1. The molecule has 0 aromatic heterocycles. The Balaban J connectivity index is 1.44. The number of amides is 1. The fourth-order valence-electron chi connectivity index (χ4n) is 2.59. The summed E-state index contributed by atoms with van der Waals surface area (Å²) in [6.45, 7) is 2.47. The lowest BCUT2D eigenvalue weighted by atomic mass is 10.2. The van der Waals surface area contributed by atoms with Gasteiger partial charge in [-0.25, -0.2) is 10.2 Å². The highest BCUT2D eigenvalue weighted by Crippen LogP contribution is 2.17. The van der Waals surface area contributed by atoms with Crippen molar-refractivity contribution < 1.29 is 23.8 Å². The Morgan fingerprint density at radius 2 is 1.48 bits per heavy atom. The van der Waals surface area contributed by atoms with Crippen LogP contribution in [-0.2, 0) is 4.79 Å². The van der Waals surface area contributed by atoms with E-state index in [1.165, 1.54) is 6.21 Å². The molecule has 1 N–H and O–H groups in total. The standard InChI is InChI=1S/C25H23ClN2O5/c1-2-15-31-21-11-5-19(6-12-21)25(30)33-23-9-3-18(4-10-23)16-27-28-24(29)17-32-22-13-7-20(26)8-14-22/h3-14,16H,2,15,17H2,1H3,(H,28,29). The molecule has 0 radical (unpaired) electrons. The first-order valence-electron chi connectivity index (χ1n) is 10.3. The first-order valence-corrected chi connectivity index (χ1v) is 10.7. The molecule has 33 heavy (non-hydrogen) atoms. The van der Waals surface area contributed by atoms with Crippen LogP contribution >= 0.6 is 11.6 Å². The molecule has 0 aliphatic heterocycles. The summed E-state index contributed by atoms with van der Waals surface area (Å²) in [5.41, 5.74) is 3.52. The van der Waals surface area contributed by atoms with Crippen molar-refractivity contribution in [3.63, 3.8) is 0 Å². The molecular weight excluding hydrogens is 444 g/mol. The summed E-state index contributed by atoms with van der Waals surface area (Å²) in [4.78, 5) is 24.1. The summed E-state index contributed by atoms with van der Waals surface area (Å²) in [5, 5.41) is 4.48. The number of hydrogen-bond donors (Lipinski definition) is 1. The molecule has 0 bridgehead atoms. The van der Waals surface area contributed by atoms with Gasteiger partial charge in [-0.15, -0.1) is 0 Å². The minimum absolute atomic E-state index is 0.181. The minimum Gasteiger partial charge on any atom is -0.494 e. The number of rotatable bonds is 10. The second kappa shape index (κ2) is 12.3. The molecule has 170 valence electrons. The predicted molar refractivity (Wildman–Crippen MR) is 126 cm³/mol. The highest BCUT2D eigenvalue weighted by molar-refractivity contribution is 6.30. The van der Waals surface area contributed by atoms with Crippen LogP contribution in [0.3, 0.4) is 0 Å². The van der Waals surface area contributed by atoms with Crippen molar-refractivity contribution in [1.82, 2.24) is 5.43 Å². The summed E-state index contributed by atoms with van der Waals surface area (Å²) in [6.07, 6.45) is 2.39. The van der Waals surface area contributed by atoms with Crippen LogP contribution in [0.5, 0.6) is 17.2 Å². The highest BCUT2D eigenvalue weighted by atomic mass is 35.5. The van der Waals surface area contributed by atoms with E-state index in [9.17, 15) is 9.59 Å². The number of esters is 1. The maximum Gasteiger partial charge on any atom is 0.343 e. The van der Waals surface area contributed by atoms with E-state index in [1.54, 1.807) is 72.8 Å². The number of benzene rings is 3. The van der Waals surface area contributed by atoms with Crippen LogP contribution in [0.15, 0.2) is 77.9 Å². The molecule has 3 aromatic carbocycles. The zero-order valence-electron chi connectivity index (χ0n) is 18.0. The predicted octanol–water partition coefficient (Wildman–Crippen LogP) is 4.88. The van der Waals surface area contributed by atoms with Crippen LogP contribution in [0.1, 0.15) is 29.3 Å². The van der Waals surface area contributed by atoms with Crippen molar-refractivity contribution in [3.8, 4) is 17.2 Å². The van der Waals surface area contributed by atoms with Crippen molar-refractivity contribution >= 4 is 29.7 Å². The monoisotopic (exact) mass is 466 g/mol. The van der Waals surface area contributed by atoms with E-state index in [0.717, 1.165) is 6.42 Å². The Morgan fingerprint density at radius 3 is 2.15 bits per heavy atom. The fourth-order valence-corrected chi connectivity index (χ4v) is 2.71. The zero-order valence-corrected chi connectivity index (χ0v) is 18.7. The van der Waals surface area contributed by atoms with Gasteiger partial charge in [0.25, 0.3) is 5.91 Å². The van der Waals surface area contributed by atoms with Crippen molar-refractivity contribution in [1.29, 1.82) is 0 Å². The van der Waals surface area contributed by atoms with Gasteiger partial charge in [0.2, 0.25) is 0 Å². The van der Waals surface area contributed by atoms with Gasteiger partial charge in [-0.3, -0.25) is 4.79 Å². The molecule has 0 aliphatic rings. The largest absolute Gasteiger partial charge is 0.494 e. The molecule has 0 heterocycles. The van der Waals surface area contributed by atoms with Crippen LogP contribution in [0.2, 0.25) is 5.02 Å². The Morgan fingerprint density at radius 1 is 0.879 bits per heavy atom. The second-order valence-electron chi connectivity index (χ2n) is 6.87. The van der Waals surface area contributed by atoms with Gasteiger partial charge in [0.15, 0.2) is 6.61 Å².